The Kier molecular flexibility index (Phi) is 3.68. The van der Waals surface area contributed by atoms with Crippen molar-refractivity contribution in [2.45, 2.75) is 0 Å². The van der Waals surface area contributed by atoms with Crippen LogP contribution in [0.3, 0.4) is 0 Å². The minimum absolute atomic E-state index is 0.0291. The molecule has 6 nitrogen and oxygen atoms in total. The number of nitrogens with zero attached hydrogens (tertiary/aromatic N) is 1. The number of amides is 1. The smallest absolute Gasteiger partial charge is 0.270 e. The largest absolute Gasteiger partial charge is 0.396 e. The Balaban J connectivity index is 2.31. The molecule has 1 heterocycles. The molecule has 8 heteroatoms. The molecule has 1 aromatic heterocycles. The van der Waals surface area contributed by atoms with Crippen molar-refractivity contribution in [2.75, 3.05) is 11.1 Å². The van der Waals surface area contributed by atoms with Crippen molar-refractivity contribution in [1.29, 1.82) is 0 Å². The van der Waals surface area contributed by atoms with Crippen LogP contribution in [0, 0.1) is 10.1 Å². The summed E-state index contributed by atoms with van der Waals surface area (Å²) in [6.45, 7) is 0. The van der Waals surface area contributed by atoms with Crippen molar-refractivity contribution in [3.63, 3.8) is 0 Å². The van der Waals surface area contributed by atoms with Gasteiger partial charge >= 0.3 is 0 Å². The van der Waals surface area contributed by atoms with Crippen LogP contribution in [0.2, 0.25) is 5.02 Å². The summed E-state index contributed by atoms with van der Waals surface area (Å²) in [5, 5.41) is 16.7. The molecule has 0 spiro atoms. The molecule has 0 saturated carbocycles. The number of nitro groups is 1. The van der Waals surface area contributed by atoms with Crippen molar-refractivity contribution in [1.82, 2.24) is 0 Å². The Labute approximate surface area is 117 Å². The quantitative estimate of drug-likeness (QED) is 0.671. The van der Waals surface area contributed by atoms with E-state index < -0.39 is 10.8 Å². The van der Waals surface area contributed by atoms with Gasteiger partial charge < -0.3 is 11.1 Å². The highest BCUT2D eigenvalue weighted by molar-refractivity contribution is 7.09. The molecule has 0 atom stereocenters. The zero-order valence-electron chi connectivity index (χ0n) is 9.42. The lowest BCUT2D eigenvalue weighted by atomic mass is 10.2. The number of carbonyl (C=O) groups is 1. The van der Waals surface area contributed by atoms with Gasteiger partial charge in [0.15, 0.2) is 0 Å². The maximum Gasteiger partial charge on any atom is 0.270 e. The topological polar surface area (TPSA) is 98.3 Å². The minimum Gasteiger partial charge on any atom is -0.396 e. The number of rotatable bonds is 3. The first-order valence-electron chi connectivity index (χ1n) is 5.06. The fourth-order valence-electron chi connectivity index (χ4n) is 1.40. The molecule has 3 N–H and O–H groups in total. The highest BCUT2D eigenvalue weighted by Crippen LogP contribution is 2.26. The minimum atomic E-state index is -0.591. The Morgan fingerprint density at radius 3 is 2.74 bits per heavy atom. The molecule has 98 valence electrons. The van der Waals surface area contributed by atoms with E-state index in [0.29, 0.717) is 11.4 Å². The first-order valence-corrected chi connectivity index (χ1v) is 6.38. The highest BCUT2D eigenvalue weighted by atomic mass is 35.5. The SMILES string of the molecule is Nc1cscc1NC(=O)c1cc([N+](=O)[O-])ccc1Cl. The van der Waals surface area contributed by atoms with E-state index in [1.54, 1.807) is 10.8 Å². The van der Waals surface area contributed by atoms with Crippen molar-refractivity contribution < 1.29 is 9.72 Å². The van der Waals surface area contributed by atoms with E-state index in [9.17, 15) is 14.9 Å². The molecule has 0 radical (unpaired) electrons. The number of anilines is 2. The molecule has 0 bridgehead atoms. The summed E-state index contributed by atoms with van der Waals surface area (Å²) >= 11 is 7.20. The maximum absolute atomic E-state index is 12.0. The number of non-ortho nitro benzene ring substituents is 1. The van der Waals surface area contributed by atoms with Gasteiger partial charge in [-0.1, -0.05) is 11.6 Å². The molecule has 0 unspecified atom stereocenters. The van der Waals surface area contributed by atoms with Crippen LogP contribution in [0.15, 0.2) is 29.0 Å². The van der Waals surface area contributed by atoms with E-state index in [1.165, 1.54) is 23.5 Å². The van der Waals surface area contributed by atoms with Gasteiger partial charge in [0.1, 0.15) is 0 Å². The average Bonchev–Trinajstić information content (AvgIpc) is 2.75. The summed E-state index contributed by atoms with van der Waals surface area (Å²) < 4.78 is 0. The molecule has 19 heavy (non-hydrogen) atoms. The van der Waals surface area contributed by atoms with Crippen LogP contribution in [0.25, 0.3) is 0 Å². The molecule has 1 aromatic carbocycles. The molecule has 1 amide bonds. The Bertz CT molecular complexity index is 656. The number of nitro benzene ring substituents is 1. The van der Waals surface area contributed by atoms with Crippen molar-refractivity contribution in [3.05, 3.63) is 49.7 Å². The van der Waals surface area contributed by atoms with Crippen LogP contribution in [-0.4, -0.2) is 10.8 Å². The number of halogens is 1. The van der Waals surface area contributed by atoms with Crippen LogP contribution in [0.5, 0.6) is 0 Å². The molecule has 0 aliphatic heterocycles. The molecular formula is C11H8ClN3O3S. The van der Waals surface area contributed by atoms with E-state index in [4.69, 9.17) is 17.3 Å². The Morgan fingerprint density at radius 2 is 2.16 bits per heavy atom. The van der Waals surface area contributed by atoms with Crippen LogP contribution >= 0.6 is 22.9 Å². The van der Waals surface area contributed by atoms with E-state index in [-0.39, 0.29) is 16.3 Å². The Hall–Kier alpha value is -2.12. The van der Waals surface area contributed by atoms with Gasteiger partial charge in [0.2, 0.25) is 0 Å². The van der Waals surface area contributed by atoms with Crippen LogP contribution < -0.4 is 11.1 Å². The summed E-state index contributed by atoms with van der Waals surface area (Å²) in [5.41, 5.74) is 6.35. The van der Waals surface area contributed by atoms with Gasteiger partial charge in [0.25, 0.3) is 11.6 Å². The second kappa shape index (κ2) is 5.25. The number of hydrogen-bond donors (Lipinski definition) is 2. The number of nitrogens with two attached hydrogens (primary N) is 1. The fourth-order valence-corrected chi connectivity index (χ4v) is 2.28. The van der Waals surface area contributed by atoms with Crippen LogP contribution in [-0.2, 0) is 0 Å². The number of benzene rings is 1. The molecule has 2 aromatic rings. The number of nitrogen functional groups attached to an aromatic ring is 1. The number of thiophene rings is 1. The molecule has 2 rings (SSSR count). The van der Waals surface area contributed by atoms with Gasteiger partial charge in [-0.2, -0.15) is 0 Å². The first kappa shape index (κ1) is 13.3. The fraction of sp³-hybridized carbons (Fsp3) is 0. The summed E-state index contributed by atoms with van der Waals surface area (Å²) in [5.74, 6) is -0.543. The van der Waals surface area contributed by atoms with Crippen molar-refractivity contribution >= 4 is 45.9 Å². The molecule has 0 aliphatic carbocycles. The van der Waals surface area contributed by atoms with Crippen molar-refractivity contribution in [3.8, 4) is 0 Å². The lowest BCUT2D eigenvalue weighted by Crippen LogP contribution is -2.13. The van der Waals surface area contributed by atoms with E-state index in [1.807, 2.05) is 0 Å². The predicted molar refractivity (Wildman–Crippen MR) is 74.8 cm³/mol. The summed E-state index contributed by atoms with van der Waals surface area (Å²) in [4.78, 5) is 22.1. The molecule has 0 aliphatic rings. The van der Waals surface area contributed by atoms with E-state index in [2.05, 4.69) is 5.32 Å². The lowest BCUT2D eigenvalue weighted by Gasteiger charge is -2.06. The van der Waals surface area contributed by atoms with Gasteiger partial charge in [0.05, 0.1) is 26.9 Å². The number of hydrogen-bond acceptors (Lipinski definition) is 5. The van der Waals surface area contributed by atoms with Gasteiger partial charge in [-0.05, 0) is 6.07 Å². The van der Waals surface area contributed by atoms with Gasteiger partial charge in [-0.25, -0.2) is 0 Å². The third-order valence-corrected chi connectivity index (χ3v) is 3.44. The normalized spacial score (nSPS) is 10.2. The molecule has 0 saturated heterocycles. The average molecular weight is 298 g/mol. The third-order valence-electron chi connectivity index (χ3n) is 2.35. The summed E-state index contributed by atoms with van der Waals surface area (Å²) in [7, 11) is 0. The van der Waals surface area contributed by atoms with Crippen LogP contribution in [0.4, 0.5) is 17.1 Å². The predicted octanol–water partition coefficient (Wildman–Crippen LogP) is 3.14. The molecule has 0 fully saturated rings. The number of nitrogens with one attached hydrogen (secondary N) is 1. The van der Waals surface area contributed by atoms with Gasteiger partial charge in [0, 0.05) is 22.9 Å². The highest BCUT2D eigenvalue weighted by Gasteiger charge is 2.16. The lowest BCUT2D eigenvalue weighted by molar-refractivity contribution is -0.384. The Morgan fingerprint density at radius 1 is 1.42 bits per heavy atom. The zero-order chi connectivity index (χ0) is 14.0. The van der Waals surface area contributed by atoms with E-state index >= 15 is 0 Å². The van der Waals surface area contributed by atoms with E-state index in [0.717, 1.165) is 6.07 Å². The van der Waals surface area contributed by atoms with Crippen molar-refractivity contribution in [2.24, 2.45) is 0 Å². The monoisotopic (exact) mass is 297 g/mol. The second-order valence-corrected chi connectivity index (χ2v) is 4.77. The van der Waals surface area contributed by atoms with Gasteiger partial charge in [-0.3, -0.25) is 14.9 Å². The number of carbonyl (C=O) groups excluding carboxylic acids is 1. The summed E-state index contributed by atoms with van der Waals surface area (Å²) in [6.07, 6.45) is 0. The van der Waals surface area contributed by atoms with Crippen LogP contribution in [0.1, 0.15) is 10.4 Å². The third kappa shape index (κ3) is 2.83. The first-order chi connectivity index (χ1) is 8.99. The second-order valence-electron chi connectivity index (χ2n) is 3.62. The molecular weight excluding hydrogens is 290 g/mol. The van der Waals surface area contributed by atoms with Gasteiger partial charge in [-0.15, -0.1) is 11.3 Å². The zero-order valence-corrected chi connectivity index (χ0v) is 11.0. The maximum atomic E-state index is 12.0. The summed E-state index contributed by atoms with van der Waals surface area (Å²) in [6, 6.07) is 3.67. The standard InChI is InChI=1S/C11H8ClN3O3S/c12-8-2-1-6(15(17)18)3-7(8)11(16)14-10-5-19-4-9(10)13/h1-5H,13H2,(H,14,16).